The highest BCUT2D eigenvalue weighted by Crippen LogP contribution is 2.40. The molecule has 1 atom stereocenters. The van der Waals surface area contributed by atoms with Gasteiger partial charge in [0.05, 0.1) is 0 Å². The standard InChI is InChI=1S/C26H32F3NO2/c1-4-6-7-18(5-2)19-10-14-22(15-11-19)30(23-16-17-23)24(31)20-8-12-21(13-9-20)25(3,32)26(27,28)29/h4-9,12-13,19,22-23,32H,1,10-11,14-17H2,2-3H3/b7-6-,18-5+/t19-,22-,25-/m0/s1. The van der Waals surface area contributed by atoms with Crippen LogP contribution in [0.25, 0.3) is 0 Å². The van der Waals surface area contributed by atoms with Crippen LogP contribution in [0, 0.1) is 5.92 Å². The van der Waals surface area contributed by atoms with Gasteiger partial charge in [0.1, 0.15) is 0 Å². The van der Waals surface area contributed by atoms with E-state index in [2.05, 4.69) is 18.7 Å². The van der Waals surface area contributed by atoms with E-state index in [9.17, 15) is 23.1 Å². The van der Waals surface area contributed by atoms with Gasteiger partial charge in [-0.2, -0.15) is 13.2 Å². The quantitative estimate of drug-likeness (QED) is 0.498. The summed E-state index contributed by atoms with van der Waals surface area (Å²) >= 11 is 0. The van der Waals surface area contributed by atoms with E-state index >= 15 is 0 Å². The number of benzene rings is 1. The summed E-state index contributed by atoms with van der Waals surface area (Å²) in [6.07, 6.45) is 8.90. The van der Waals surface area contributed by atoms with Crippen molar-refractivity contribution in [3.8, 4) is 0 Å². The number of hydrogen-bond acceptors (Lipinski definition) is 2. The van der Waals surface area contributed by atoms with Crippen molar-refractivity contribution >= 4 is 5.91 Å². The first-order chi connectivity index (χ1) is 15.1. The summed E-state index contributed by atoms with van der Waals surface area (Å²) in [5, 5.41) is 9.87. The van der Waals surface area contributed by atoms with Gasteiger partial charge in [0.25, 0.3) is 5.91 Å². The fourth-order valence-electron chi connectivity index (χ4n) is 4.57. The number of carbonyl (C=O) groups excluding carboxylic acids is 1. The lowest BCUT2D eigenvalue weighted by Crippen LogP contribution is -2.44. The maximum absolute atomic E-state index is 13.3. The van der Waals surface area contributed by atoms with Gasteiger partial charge in [-0.05, 0) is 81.6 Å². The van der Waals surface area contributed by atoms with Gasteiger partial charge >= 0.3 is 6.18 Å². The largest absolute Gasteiger partial charge is 0.421 e. The minimum atomic E-state index is -4.79. The molecule has 3 rings (SSSR count). The van der Waals surface area contributed by atoms with Crippen LogP contribution < -0.4 is 0 Å². The van der Waals surface area contributed by atoms with Crippen LogP contribution in [-0.4, -0.2) is 34.2 Å². The van der Waals surface area contributed by atoms with Crippen molar-refractivity contribution in [2.75, 3.05) is 0 Å². The van der Waals surface area contributed by atoms with Gasteiger partial charge in [0.2, 0.25) is 0 Å². The van der Waals surface area contributed by atoms with Gasteiger partial charge in [-0.1, -0.05) is 43.0 Å². The molecule has 0 unspecified atom stereocenters. The smallest absolute Gasteiger partial charge is 0.376 e. The van der Waals surface area contributed by atoms with Gasteiger partial charge in [-0.3, -0.25) is 4.79 Å². The Hall–Kier alpha value is -2.34. The van der Waals surface area contributed by atoms with Gasteiger partial charge in [0.15, 0.2) is 5.60 Å². The molecular formula is C26H32F3NO2. The first-order valence-corrected chi connectivity index (χ1v) is 11.3. The fourth-order valence-corrected chi connectivity index (χ4v) is 4.57. The molecule has 0 aromatic heterocycles. The van der Waals surface area contributed by atoms with Crippen molar-refractivity contribution in [1.29, 1.82) is 0 Å². The normalized spacial score (nSPS) is 24.2. The van der Waals surface area contributed by atoms with E-state index in [0.717, 1.165) is 45.4 Å². The number of allylic oxidation sites excluding steroid dienone is 5. The number of alkyl halides is 3. The van der Waals surface area contributed by atoms with Crippen LogP contribution in [0.1, 0.15) is 68.3 Å². The average Bonchev–Trinajstić information content (AvgIpc) is 3.59. The number of hydrogen-bond donors (Lipinski definition) is 1. The lowest BCUT2D eigenvalue weighted by molar-refractivity contribution is -0.258. The van der Waals surface area contributed by atoms with Crippen LogP contribution >= 0.6 is 0 Å². The Kier molecular flexibility index (Phi) is 7.33. The predicted octanol–water partition coefficient (Wildman–Crippen LogP) is 6.31. The second-order valence-corrected chi connectivity index (χ2v) is 8.98. The summed E-state index contributed by atoms with van der Waals surface area (Å²) in [6.45, 7) is 6.49. The van der Waals surface area contributed by atoms with Crippen molar-refractivity contribution in [2.45, 2.75) is 76.2 Å². The van der Waals surface area contributed by atoms with Gasteiger partial charge < -0.3 is 10.0 Å². The molecule has 3 nitrogen and oxygen atoms in total. The molecule has 0 heterocycles. The summed E-state index contributed by atoms with van der Waals surface area (Å²) in [5.74, 6) is 0.333. The molecule has 0 aliphatic heterocycles. The third-order valence-corrected chi connectivity index (χ3v) is 6.74. The SMILES string of the molecule is C=C/C=C\C(=C/C)[C@H]1CC[C@H](N(C(=O)c2ccc([C@](C)(O)C(F)(F)F)cc2)C2CC2)CC1. The highest BCUT2D eigenvalue weighted by molar-refractivity contribution is 5.95. The highest BCUT2D eigenvalue weighted by atomic mass is 19.4. The molecular weight excluding hydrogens is 415 g/mol. The Morgan fingerprint density at radius 2 is 1.59 bits per heavy atom. The topological polar surface area (TPSA) is 40.5 Å². The lowest BCUT2D eigenvalue weighted by Gasteiger charge is -2.38. The summed E-state index contributed by atoms with van der Waals surface area (Å²) < 4.78 is 39.3. The minimum absolute atomic E-state index is 0.132. The fraction of sp³-hybridized carbons (Fsp3) is 0.500. The molecule has 174 valence electrons. The Morgan fingerprint density at radius 3 is 2.03 bits per heavy atom. The number of carbonyl (C=O) groups is 1. The number of rotatable bonds is 7. The van der Waals surface area contributed by atoms with Gasteiger partial charge in [-0.25, -0.2) is 0 Å². The molecule has 1 amide bonds. The number of halogens is 3. The molecule has 1 aromatic rings. The van der Waals surface area contributed by atoms with E-state index in [1.54, 1.807) is 6.08 Å². The second-order valence-electron chi connectivity index (χ2n) is 8.98. The van der Waals surface area contributed by atoms with Crippen molar-refractivity contribution in [2.24, 2.45) is 5.92 Å². The van der Waals surface area contributed by atoms with E-state index in [1.807, 2.05) is 17.9 Å². The Labute approximate surface area is 188 Å². The van der Waals surface area contributed by atoms with E-state index in [4.69, 9.17) is 0 Å². The molecule has 2 fully saturated rings. The molecule has 0 radical (unpaired) electrons. The summed E-state index contributed by atoms with van der Waals surface area (Å²) in [6, 6.07) is 5.56. The highest BCUT2D eigenvalue weighted by Gasteiger charge is 2.51. The zero-order valence-corrected chi connectivity index (χ0v) is 18.7. The Bertz CT molecular complexity index is 871. The van der Waals surface area contributed by atoms with Crippen LogP contribution in [0.2, 0.25) is 0 Å². The van der Waals surface area contributed by atoms with Crippen LogP contribution in [0.4, 0.5) is 13.2 Å². The molecule has 2 aliphatic rings. The maximum Gasteiger partial charge on any atom is 0.421 e. The summed E-state index contributed by atoms with van der Waals surface area (Å²) in [5.41, 5.74) is -1.57. The van der Waals surface area contributed by atoms with Gasteiger partial charge in [0, 0.05) is 17.6 Å². The summed E-state index contributed by atoms with van der Waals surface area (Å²) in [4.78, 5) is 15.3. The molecule has 0 bridgehead atoms. The van der Waals surface area contributed by atoms with E-state index < -0.39 is 11.8 Å². The third-order valence-electron chi connectivity index (χ3n) is 6.74. The monoisotopic (exact) mass is 447 g/mol. The number of aliphatic hydroxyl groups is 1. The number of nitrogens with zero attached hydrogens (tertiary/aromatic N) is 1. The Morgan fingerprint density at radius 1 is 1.06 bits per heavy atom. The molecule has 0 saturated heterocycles. The molecule has 1 N–H and O–H groups in total. The zero-order chi connectivity index (χ0) is 23.5. The second kappa shape index (κ2) is 9.65. The number of amides is 1. The Balaban J connectivity index is 1.71. The third kappa shape index (κ3) is 5.17. The first kappa shape index (κ1) is 24.3. The maximum atomic E-state index is 13.3. The molecule has 0 spiro atoms. The summed E-state index contributed by atoms with van der Waals surface area (Å²) in [7, 11) is 0. The minimum Gasteiger partial charge on any atom is -0.376 e. The first-order valence-electron chi connectivity index (χ1n) is 11.3. The van der Waals surface area contributed by atoms with Crippen molar-refractivity contribution < 1.29 is 23.1 Å². The van der Waals surface area contributed by atoms with E-state index in [1.165, 1.54) is 29.8 Å². The van der Waals surface area contributed by atoms with Crippen molar-refractivity contribution in [1.82, 2.24) is 4.90 Å². The van der Waals surface area contributed by atoms with E-state index in [0.29, 0.717) is 11.5 Å². The molecule has 32 heavy (non-hydrogen) atoms. The predicted molar refractivity (Wildman–Crippen MR) is 120 cm³/mol. The van der Waals surface area contributed by atoms with Crippen molar-refractivity contribution in [3.05, 3.63) is 71.8 Å². The average molecular weight is 448 g/mol. The van der Waals surface area contributed by atoms with Crippen LogP contribution in [-0.2, 0) is 5.60 Å². The van der Waals surface area contributed by atoms with E-state index in [-0.39, 0.29) is 23.6 Å². The van der Waals surface area contributed by atoms with Gasteiger partial charge in [-0.15, -0.1) is 0 Å². The van der Waals surface area contributed by atoms with Crippen LogP contribution in [0.3, 0.4) is 0 Å². The van der Waals surface area contributed by atoms with Crippen molar-refractivity contribution in [3.63, 3.8) is 0 Å². The zero-order valence-electron chi connectivity index (χ0n) is 18.7. The van der Waals surface area contributed by atoms with Crippen LogP contribution in [0.5, 0.6) is 0 Å². The molecule has 6 heteroatoms. The molecule has 2 aliphatic carbocycles. The molecule has 1 aromatic carbocycles. The van der Waals surface area contributed by atoms with Crippen LogP contribution in [0.15, 0.2) is 60.7 Å². The molecule has 2 saturated carbocycles. The lowest BCUT2D eigenvalue weighted by atomic mass is 9.80.